The van der Waals surface area contributed by atoms with Crippen molar-refractivity contribution < 1.29 is 9.22 Å². The number of nitrogens with one attached hydrogen (secondary N) is 1. The predicted octanol–water partition coefficient (Wildman–Crippen LogP) is 4.54. The van der Waals surface area contributed by atoms with Crippen molar-refractivity contribution in [3.05, 3.63) is 29.8 Å². The number of carbonyl (C=O) groups is 1. The molecule has 112 valence electrons. The van der Waals surface area contributed by atoms with Gasteiger partial charge in [0.1, 0.15) is 0 Å². The van der Waals surface area contributed by atoms with E-state index in [-0.39, 0.29) is 10.9 Å². The highest BCUT2D eigenvalue weighted by molar-refractivity contribution is 9.09. The van der Waals surface area contributed by atoms with Gasteiger partial charge in [0, 0.05) is 5.69 Å². The van der Waals surface area contributed by atoms with E-state index in [4.69, 9.17) is 4.43 Å². The molecule has 0 spiro atoms. The van der Waals surface area contributed by atoms with Crippen molar-refractivity contribution in [1.29, 1.82) is 0 Å². The molecule has 1 amide bonds. The third kappa shape index (κ3) is 5.03. The topological polar surface area (TPSA) is 38.3 Å². The summed E-state index contributed by atoms with van der Waals surface area (Å²) in [5.41, 5.74) is 1.94. The second-order valence-corrected chi connectivity index (χ2v) is 11.8. The standard InChI is InChI=1S/C15H24BrNO2Si/c1-15(2,3)20(4,5)19-11-12-6-8-13(9-7-12)17-14(18)10-16/h6-9H,10-11H2,1-5H3,(H,17,18). The Morgan fingerprint density at radius 2 is 1.80 bits per heavy atom. The molecule has 0 saturated carbocycles. The zero-order chi connectivity index (χ0) is 15.4. The van der Waals surface area contributed by atoms with Crippen LogP contribution in [-0.4, -0.2) is 19.6 Å². The lowest BCUT2D eigenvalue weighted by molar-refractivity contribution is -0.113. The van der Waals surface area contributed by atoms with Crippen LogP contribution in [0.3, 0.4) is 0 Å². The van der Waals surface area contributed by atoms with Gasteiger partial charge in [0.15, 0.2) is 8.32 Å². The molecule has 0 unspecified atom stereocenters. The van der Waals surface area contributed by atoms with Gasteiger partial charge in [-0.1, -0.05) is 48.8 Å². The number of carbonyl (C=O) groups excluding carboxylic acids is 1. The maximum absolute atomic E-state index is 11.3. The Morgan fingerprint density at radius 1 is 1.25 bits per heavy atom. The molecular formula is C15H24BrNO2Si. The molecule has 0 saturated heterocycles. The molecule has 1 aromatic carbocycles. The van der Waals surface area contributed by atoms with Gasteiger partial charge in [-0.3, -0.25) is 4.79 Å². The summed E-state index contributed by atoms with van der Waals surface area (Å²) in [6, 6.07) is 7.81. The zero-order valence-electron chi connectivity index (χ0n) is 12.9. The van der Waals surface area contributed by atoms with Crippen molar-refractivity contribution in [2.24, 2.45) is 0 Å². The molecule has 0 atom stereocenters. The summed E-state index contributed by atoms with van der Waals surface area (Å²) in [5.74, 6) is -0.0460. The third-order valence-electron chi connectivity index (χ3n) is 3.76. The van der Waals surface area contributed by atoms with Crippen molar-refractivity contribution in [2.75, 3.05) is 10.6 Å². The Labute approximate surface area is 131 Å². The van der Waals surface area contributed by atoms with Crippen LogP contribution >= 0.6 is 15.9 Å². The molecule has 20 heavy (non-hydrogen) atoms. The van der Waals surface area contributed by atoms with Crippen LogP contribution in [0.1, 0.15) is 26.3 Å². The molecule has 0 heterocycles. The summed E-state index contributed by atoms with van der Waals surface area (Å²) in [4.78, 5) is 11.3. The van der Waals surface area contributed by atoms with E-state index in [0.29, 0.717) is 11.9 Å². The molecule has 0 aromatic heterocycles. The molecule has 1 rings (SSSR count). The van der Waals surface area contributed by atoms with Gasteiger partial charge in [0.25, 0.3) is 0 Å². The molecule has 1 N–H and O–H groups in total. The van der Waals surface area contributed by atoms with E-state index in [1.165, 1.54) is 0 Å². The van der Waals surface area contributed by atoms with E-state index in [1.807, 2.05) is 24.3 Å². The first-order valence-electron chi connectivity index (χ1n) is 6.74. The lowest BCUT2D eigenvalue weighted by Gasteiger charge is -2.36. The number of halogens is 1. The van der Waals surface area contributed by atoms with E-state index in [1.54, 1.807) is 0 Å². The molecule has 0 radical (unpaired) electrons. The number of anilines is 1. The summed E-state index contributed by atoms with van der Waals surface area (Å²) in [6.45, 7) is 11.8. The van der Waals surface area contributed by atoms with Gasteiger partial charge in [-0.05, 0) is 35.8 Å². The summed E-state index contributed by atoms with van der Waals surface area (Å²) in [6.07, 6.45) is 0. The maximum atomic E-state index is 11.3. The normalized spacial score (nSPS) is 12.3. The highest BCUT2D eigenvalue weighted by Crippen LogP contribution is 2.37. The summed E-state index contributed by atoms with van der Waals surface area (Å²) >= 11 is 3.12. The summed E-state index contributed by atoms with van der Waals surface area (Å²) in [5, 5.41) is 3.33. The molecule has 0 aliphatic rings. The summed E-state index contributed by atoms with van der Waals surface area (Å²) in [7, 11) is -1.71. The molecule has 1 aromatic rings. The molecule has 0 fully saturated rings. The number of benzene rings is 1. The third-order valence-corrected chi connectivity index (χ3v) is 8.75. The molecule has 3 nitrogen and oxygen atoms in total. The first-order chi connectivity index (χ1) is 9.15. The largest absolute Gasteiger partial charge is 0.413 e. The first kappa shape index (κ1) is 17.4. The Morgan fingerprint density at radius 3 is 2.25 bits per heavy atom. The molecule has 0 aliphatic carbocycles. The van der Waals surface area contributed by atoms with Gasteiger partial charge in [-0.2, -0.15) is 0 Å². The molecule has 5 heteroatoms. The van der Waals surface area contributed by atoms with Gasteiger partial charge in [0.2, 0.25) is 5.91 Å². The minimum atomic E-state index is -1.71. The van der Waals surface area contributed by atoms with Crippen molar-refractivity contribution in [3.63, 3.8) is 0 Å². The Bertz CT molecular complexity index is 452. The van der Waals surface area contributed by atoms with Crippen molar-refractivity contribution in [1.82, 2.24) is 0 Å². The fraction of sp³-hybridized carbons (Fsp3) is 0.533. The van der Waals surface area contributed by atoms with E-state index in [2.05, 4.69) is 55.1 Å². The smallest absolute Gasteiger partial charge is 0.235 e. The van der Waals surface area contributed by atoms with Crippen molar-refractivity contribution >= 4 is 35.8 Å². The highest BCUT2D eigenvalue weighted by Gasteiger charge is 2.36. The molecular weight excluding hydrogens is 334 g/mol. The van der Waals surface area contributed by atoms with Gasteiger partial charge < -0.3 is 9.74 Å². The lowest BCUT2D eigenvalue weighted by Crippen LogP contribution is -2.40. The average Bonchev–Trinajstić information content (AvgIpc) is 2.36. The van der Waals surface area contributed by atoms with E-state index in [0.717, 1.165) is 11.3 Å². The number of hydrogen-bond acceptors (Lipinski definition) is 2. The van der Waals surface area contributed by atoms with E-state index >= 15 is 0 Å². The average molecular weight is 358 g/mol. The Hall–Kier alpha value is -0.653. The molecule has 0 bridgehead atoms. The monoisotopic (exact) mass is 357 g/mol. The second kappa shape index (κ2) is 6.87. The highest BCUT2D eigenvalue weighted by atomic mass is 79.9. The van der Waals surface area contributed by atoms with Crippen LogP contribution in [0, 0.1) is 0 Å². The second-order valence-electron chi connectivity index (χ2n) is 6.43. The van der Waals surface area contributed by atoms with Gasteiger partial charge in [-0.15, -0.1) is 0 Å². The fourth-order valence-corrected chi connectivity index (χ4v) is 2.46. The number of rotatable bonds is 5. The summed E-state index contributed by atoms with van der Waals surface area (Å²) < 4.78 is 6.17. The van der Waals surface area contributed by atoms with Gasteiger partial charge >= 0.3 is 0 Å². The van der Waals surface area contributed by atoms with Crippen LogP contribution in [0.5, 0.6) is 0 Å². The van der Waals surface area contributed by atoms with Gasteiger partial charge in [-0.25, -0.2) is 0 Å². The fourth-order valence-electron chi connectivity index (χ4n) is 1.36. The van der Waals surface area contributed by atoms with Crippen molar-refractivity contribution in [2.45, 2.75) is 45.5 Å². The number of amides is 1. The van der Waals surface area contributed by atoms with Crippen LogP contribution < -0.4 is 5.32 Å². The Kier molecular flexibility index (Phi) is 5.98. The van der Waals surface area contributed by atoms with Crippen LogP contribution in [0.15, 0.2) is 24.3 Å². The maximum Gasteiger partial charge on any atom is 0.235 e. The quantitative estimate of drug-likeness (QED) is 0.620. The van der Waals surface area contributed by atoms with Crippen LogP contribution in [0.2, 0.25) is 18.1 Å². The minimum absolute atomic E-state index is 0.0460. The SMILES string of the molecule is CC(C)(C)[Si](C)(C)OCc1ccc(NC(=O)CBr)cc1. The van der Waals surface area contributed by atoms with Crippen LogP contribution in [0.4, 0.5) is 5.69 Å². The van der Waals surface area contributed by atoms with Gasteiger partial charge in [0.05, 0.1) is 11.9 Å². The van der Waals surface area contributed by atoms with E-state index < -0.39 is 8.32 Å². The zero-order valence-corrected chi connectivity index (χ0v) is 15.5. The minimum Gasteiger partial charge on any atom is -0.413 e. The van der Waals surface area contributed by atoms with E-state index in [9.17, 15) is 4.79 Å². The number of alkyl halides is 1. The van der Waals surface area contributed by atoms with Crippen molar-refractivity contribution in [3.8, 4) is 0 Å². The lowest BCUT2D eigenvalue weighted by atomic mass is 10.2. The predicted molar refractivity (Wildman–Crippen MR) is 90.9 cm³/mol. The Balaban J connectivity index is 2.60. The first-order valence-corrected chi connectivity index (χ1v) is 10.8. The number of hydrogen-bond donors (Lipinski definition) is 1. The van der Waals surface area contributed by atoms with Crippen LogP contribution in [-0.2, 0) is 15.8 Å². The molecule has 0 aliphatic heterocycles. The van der Waals surface area contributed by atoms with Crippen LogP contribution in [0.25, 0.3) is 0 Å².